The Morgan fingerprint density at radius 2 is 2.07 bits per heavy atom. The predicted octanol–water partition coefficient (Wildman–Crippen LogP) is 1.03. The summed E-state index contributed by atoms with van der Waals surface area (Å²) in [7, 11) is 2.61. The van der Waals surface area contributed by atoms with Crippen LogP contribution in [0.4, 0.5) is 13.2 Å². The molecule has 2 amide bonds. The number of carbonyl (C=O) groups is 3. The van der Waals surface area contributed by atoms with Crippen LogP contribution in [0, 0.1) is 0 Å². The number of rotatable bonds is 6. The second-order valence-corrected chi connectivity index (χ2v) is 6.51. The number of alkyl halides is 3. The molecule has 1 atom stereocenters. The van der Waals surface area contributed by atoms with Crippen LogP contribution >= 0.6 is 0 Å². The quantitative estimate of drug-likeness (QED) is 0.721. The van der Waals surface area contributed by atoms with Gasteiger partial charge in [0.25, 0.3) is 0 Å². The van der Waals surface area contributed by atoms with Crippen molar-refractivity contribution in [1.29, 1.82) is 0 Å². The average Bonchev–Trinajstić information content (AvgIpc) is 2.63. The van der Waals surface area contributed by atoms with Crippen LogP contribution in [-0.2, 0) is 31.8 Å². The van der Waals surface area contributed by atoms with Crippen molar-refractivity contribution < 1.29 is 32.3 Å². The number of nitrogens with one attached hydrogen (secondary N) is 1. The molecule has 1 aliphatic rings. The fourth-order valence-electron chi connectivity index (χ4n) is 2.92. The summed E-state index contributed by atoms with van der Waals surface area (Å²) in [6, 6.07) is 4.04. The number of amides is 2. The van der Waals surface area contributed by atoms with Gasteiger partial charge < -0.3 is 15.0 Å². The second-order valence-electron chi connectivity index (χ2n) is 6.51. The molecule has 0 radical (unpaired) electrons. The van der Waals surface area contributed by atoms with E-state index in [-0.39, 0.29) is 25.4 Å². The minimum Gasteiger partial charge on any atom is -0.468 e. The smallest absolute Gasteiger partial charge is 0.416 e. The molecule has 1 fully saturated rings. The molecule has 154 valence electrons. The monoisotopic (exact) mass is 401 g/mol. The molecule has 1 saturated heterocycles. The van der Waals surface area contributed by atoms with Crippen molar-refractivity contribution in [2.75, 3.05) is 33.8 Å². The number of ether oxygens (including phenoxy) is 1. The number of esters is 1. The Hall–Kier alpha value is -2.62. The zero-order valence-electron chi connectivity index (χ0n) is 15.6. The molecule has 1 aromatic carbocycles. The van der Waals surface area contributed by atoms with E-state index >= 15 is 0 Å². The lowest BCUT2D eigenvalue weighted by Crippen LogP contribution is -2.56. The van der Waals surface area contributed by atoms with Gasteiger partial charge in [-0.3, -0.25) is 19.3 Å². The molecule has 1 aromatic rings. The largest absolute Gasteiger partial charge is 0.468 e. The number of hydrogen-bond donors (Lipinski definition) is 1. The Balaban J connectivity index is 2.11. The van der Waals surface area contributed by atoms with Crippen LogP contribution in [-0.4, -0.2) is 67.4 Å². The Kier molecular flexibility index (Phi) is 7.00. The van der Waals surface area contributed by atoms with Gasteiger partial charge in [0, 0.05) is 26.7 Å². The van der Waals surface area contributed by atoms with Crippen molar-refractivity contribution in [1.82, 2.24) is 15.1 Å². The van der Waals surface area contributed by atoms with Gasteiger partial charge >= 0.3 is 12.1 Å². The Bertz CT molecular complexity index is 739. The molecule has 0 bridgehead atoms. The Labute approximate surface area is 160 Å². The standard InChI is InChI=1S/C18H22F3N3O4/c1-23(11-16(26)28-2)15(25)9-14-17(27)22-6-7-24(14)10-12-4-3-5-13(8-12)18(19,20)21/h3-5,8,14H,6-7,9-11H2,1-2H3,(H,22,27). The van der Waals surface area contributed by atoms with E-state index in [1.165, 1.54) is 20.2 Å². The van der Waals surface area contributed by atoms with Gasteiger partial charge in [0.2, 0.25) is 11.8 Å². The first-order chi connectivity index (χ1) is 13.1. The van der Waals surface area contributed by atoms with Crippen molar-refractivity contribution >= 4 is 17.8 Å². The molecule has 0 spiro atoms. The first-order valence-corrected chi connectivity index (χ1v) is 8.60. The lowest BCUT2D eigenvalue weighted by molar-refractivity contribution is -0.147. The minimum atomic E-state index is -4.46. The zero-order valence-corrected chi connectivity index (χ0v) is 15.6. The summed E-state index contributed by atoms with van der Waals surface area (Å²) >= 11 is 0. The second kappa shape index (κ2) is 9.05. The Morgan fingerprint density at radius 3 is 2.71 bits per heavy atom. The van der Waals surface area contributed by atoms with Crippen LogP contribution in [0.1, 0.15) is 17.5 Å². The summed E-state index contributed by atoms with van der Waals surface area (Å²) in [5.74, 6) is -1.41. The molecule has 1 N–H and O–H groups in total. The number of benzene rings is 1. The van der Waals surface area contributed by atoms with Gasteiger partial charge in [-0.25, -0.2) is 0 Å². The normalized spacial score (nSPS) is 17.8. The van der Waals surface area contributed by atoms with Crippen LogP contribution in [0.25, 0.3) is 0 Å². The highest BCUT2D eigenvalue weighted by Gasteiger charge is 2.34. The molecule has 0 aromatic heterocycles. The molecule has 7 nitrogen and oxygen atoms in total. The Morgan fingerprint density at radius 1 is 1.36 bits per heavy atom. The summed E-state index contributed by atoms with van der Waals surface area (Å²) in [5.41, 5.74) is -0.373. The lowest BCUT2D eigenvalue weighted by atomic mass is 10.0. The van der Waals surface area contributed by atoms with Crippen LogP contribution in [0.15, 0.2) is 24.3 Å². The van der Waals surface area contributed by atoms with Crippen LogP contribution < -0.4 is 5.32 Å². The third kappa shape index (κ3) is 5.69. The topological polar surface area (TPSA) is 78.9 Å². The van der Waals surface area contributed by atoms with Crippen LogP contribution in [0.3, 0.4) is 0 Å². The van der Waals surface area contributed by atoms with Crippen molar-refractivity contribution in [3.8, 4) is 0 Å². The van der Waals surface area contributed by atoms with E-state index in [4.69, 9.17) is 0 Å². The number of likely N-dealkylation sites (N-methyl/N-ethyl adjacent to an activating group) is 1. The van der Waals surface area contributed by atoms with E-state index < -0.39 is 29.7 Å². The number of nitrogens with zero attached hydrogens (tertiary/aromatic N) is 2. The minimum absolute atomic E-state index is 0.0933. The highest BCUT2D eigenvalue weighted by Crippen LogP contribution is 2.30. The van der Waals surface area contributed by atoms with E-state index in [2.05, 4.69) is 10.1 Å². The number of halogens is 3. The fourth-order valence-corrected chi connectivity index (χ4v) is 2.92. The van der Waals surface area contributed by atoms with E-state index in [0.717, 1.165) is 17.0 Å². The molecule has 10 heteroatoms. The van der Waals surface area contributed by atoms with Gasteiger partial charge in [0.1, 0.15) is 6.54 Å². The van der Waals surface area contributed by atoms with Crippen molar-refractivity contribution in [3.63, 3.8) is 0 Å². The molecule has 0 aliphatic carbocycles. The molecule has 1 unspecified atom stereocenters. The van der Waals surface area contributed by atoms with Gasteiger partial charge in [-0.2, -0.15) is 13.2 Å². The number of hydrogen-bond acceptors (Lipinski definition) is 5. The first kappa shape index (κ1) is 21.7. The third-order valence-electron chi connectivity index (χ3n) is 4.47. The summed E-state index contributed by atoms with van der Waals surface area (Å²) in [6.07, 6.45) is -4.65. The zero-order chi connectivity index (χ0) is 20.9. The van der Waals surface area contributed by atoms with Crippen molar-refractivity contribution in [3.05, 3.63) is 35.4 Å². The molecule has 28 heavy (non-hydrogen) atoms. The summed E-state index contributed by atoms with van der Waals surface area (Å²) < 4.78 is 43.2. The SMILES string of the molecule is COC(=O)CN(C)C(=O)CC1C(=O)NCCN1Cc1cccc(C(F)(F)F)c1. The molecule has 0 saturated carbocycles. The summed E-state index contributed by atoms with van der Waals surface area (Å²) in [4.78, 5) is 38.7. The average molecular weight is 401 g/mol. The van der Waals surface area contributed by atoms with Crippen LogP contribution in [0.2, 0.25) is 0 Å². The summed E-state index contributed by atoms with van der Waals surface area (Å²) in [6.45, 7) is 0.564. The van der Waals surface area contributed by atoms with Crippen LogP contribution in [0.5, 0.6) is 0 Å². The van der Waals surface area contributed by atoms with Gasteiger partial charge in [0.15, 0.2) is 0 Å². The maximum absolute atomic E-state index is 12.9. The highest BCUT2D eigenvalue weighted by atomic mass is 19.4. The van der Waals surface area contributed by atoms with Crippen molar-refractivity contribution in [2.24, 2.45) is 0 Å². The lowest BCUT2D eigenvalue weighted by Gasteiger charge is -2.35. The maximum atomic E-state index is 12.9. The third-order valence-corrected chi connectivity index (χ3v) is 4.47. The van der Waals surface area contributed by atoms with Gasteiger partial charge in [-0.15, -0.1) is 0 Å². The molecular formula is C18H22F3N3O4. The van der Waals surface area contributed by atoms with E-state index in [9.17, 15) is 27.6 Å². The number of piperazine rings is 1. The summed E-state index contributed by atoms with van der Waals surface area (Å²) in [5, 5.41) is 2.66. The molecular weight excluding hydrogens is 379 g/mol. The van der Waals surface area contributed by atoms with Gasteiger partial charge in [-0.1, -0.05) is 18.2 Å². The van der Waals surface area contributed by atoms with E-state index in [0.29, 0.717) is 18.7 Å². The number of carbonyl (C=O) groups excluding carboxylic acids is 3. The molecule has 1 heterocycles. The first-order valence-electron chi connectivity index (χ1n) is 8.60. The van der Waals surface area contributed by atoms with Gasteiger partial charge in [-0.05, 0) is 11.6 Å². The van der Waals surface area contributed by atoms with E-state index in [1.54, 1.807) is 11.0 Å². The van der Waals surface area contributed by atoms with Gasteiger partial charge in [0.05, 0.1) is 25.1 Å². The number of methoxy groups -OCH3 is 1. The molecule has 2 rings (SSSR count). The van der Waals surface area contributed by atoms with E-state index in [1.807, 2.05) is 0 Å². The highest BCUT2D eigenvalue weighted by molar-refractivity contribution is 5.90. The molecule has 1 aliphatic heterocycles. The fraction of sp³-hybridized carbons (Fsp3) is 0.500. The maximum Gasteiger partial charge on any atom is 0.416 e. The predicted molar refractivity (Wildman–Crippen MR) is 92.9 cm³/mol. The van der Waals surface area contributed by atoms with Crippen molar-refractivity contribution in [2.45, 2.75) is 25.2 Å².